The number of hydrogen-bond acceptors (Lipinski definition) is 6. The number of likely N-dealkylation sites (tertiary alicyclic amines) is 1. The number of amides is 1. The van der Waals surface area contributed by atoms with E-state index in [9.17, 15) is 4.79 Å². The molecule has 29 heavy (non-hydrogen) atoms. The monoisotopic (exact) mass is 407 g/mol. The topological polar surface area (TPSA) is 70.2 Å². The van der Waals surface area contributed by atoms with Crippen LogP contribution >= 0.6 is 11.3 Å². The van der Waals surface area contributed by atoms with E-state index in [-0.39, 0.29) is 5.91 Å². The van der Waals surface area contributed by atoms with Crippen LogP contribution < -0.4 is 10.6 Å². The van der Waals surface area contributed by atoms with Gasteiger partial charge in [-0.25, -0.2) is 9.97 Å². The van der Waals surface area contributed by atoms with Gasteiger partial charge < -0.3 is 10.6 Å². The van der Waals surface area contributed by atoms with Gasteiger partial charge in [0.25, 0.3) is 0 Å². The van der Waals surface area contributed by atoms with Gasteiger partial charge in [0.05, 0.1) is 13.1 Å². The molecule has 1 saturated heterocycles. The summed E-state index contributed by atoms with van der Waals surface area (Å²) in [5.74, 6) is 2.12. The Morgan fingerprint density at radius 1 is 1.07 bits per heavy atom. The van der Waals surface area contributed by atoms with Crippen LogP contribution in [0.25, 0.3) is 0 Å². The van der Waals surface area contributed by atoms with Gasteiger partial charge in [-0.15, -0.1) is 11.3 Å². The fraction of sp³-hybridized carbons (Fsp3) is 0.318. The number of anilines is 2. The molecule has 0 bridgehead atoms. The summed E-state index contributed by atoms with van der Waals surface area (Å²) >= 11 is 1.67. The van der Waals surface area contributed by atoms with Gasteiger partial charge >= 0.3 is 0 Å². The zero-order chi connectivity index (χ0) is 19.9. The molecule has 4 rings (SSSR count). The highest BCUT2D eigenvalue weighted by Crippen LogP contribution is 2.27. The van der Waals surface area contributed by atoms with E-state index in [1.165, 1.54) is 4.88 Å². The predicted octanol–water partition coefficient (Wildman–Crippen LogP) is 3.78. The fourth-order valence-electron chi connectivity index (χ4n) is 3.56. The van der Waals surface area contributed by atoms with Gasteiger partial charge in [-0.2, -0.15) is 0 Å². The van der Waals surface area contributed by atoms with Gasteiger partial charge in [-0.1, -0.05) is 18.2 Å². The number of carbonyl (C=O) groups excluding carboxylic acids is 1. The molecule has 0 radical (unpaired) electrons. The second-order valence-electron chi connectivity index (χ2n) is 7.19. The van der Waals surface area contributed by atoms with E-state index in [1.54, 1.807) is 17.5 Å². The van der Waals surface area contributed by atoms with Crippen molar-refractivity contribution in [2.24, 2.45) is 0 Å². The highest BCUT2D eigenvalue weighted by atomic mass is 32.1. The first-order chi connectivity index (χ1) is 14.3. The Morgan fingerprint density at radius 2 is 1.93 bits per heavy atom. The molecule has 1 amide bonds. The van der Waals surface area contributed by atoms with Crippen molar-refractivity contribution in [2.75, 3.05) is 25.0 Å². The third-order valence-corrected chi connectivity index (χ3v) is 5.98. The SMILES string of the molecule is O=C(CN1CCC(c2cccc(Nc3ccccn3)n2)CC1)NCc1cccs1. The van der Waals surface area contributed by atoms with E-state index in [0.29, 0.717) is 19.0 Å². The van der Waals surface area contributed by atoms with Crippen LogP contribution in [0.4, 0.5) is 11.6 Å². The smallest absolute Gasteiger partial charge is 0.234 e. The van der Waals surface area contributed by atoms with Gasteiger partial charge in [0.15, 0.2) is 0 Å². The lowest BCUT2D eigenvalue weighted by molar-refractivity contribution is -0.122. The van der Waals surface area contributed by atoms with Gasteiger partial charge in [0.2, 0.25) is 5.91 Å². The first kappa shape index (κ1) is 19.5. The van der Waals surface area contributed by atoms with Gasteiger partial charge in [-0.05, 0) is 61.6 Å². The third-order valence-electron chi connectivity index (χ3n) is 5.10. The van der Waals surface area contributed by atoms with Crippen molar-refractivity contribution in [2.45, 2.75) is 25.3 Å². The van der Waals surface area contributed by atoms with Crippen molar-refractivity contribution in [1.82, 2.24) is 20.2 Å². The number of carbonyl (C=O) groups is 1. The Kier molecular flexibility index (Phi) is 6.49. The molecule has 0 saturated carbocycles. The summed E-state index contributed by atoms with van der Waals surface area (Å²) < 4.78 is 0. The van der Waals surface area contributed by atoms with E-state index in [4.69, 9.17) is 4.98 Å². The number of rotatable bonds is 7. The number of thiophene rings is 1. The fourth-order valence-corrected chi connectivity index (χ4v) is 4.21. The Hall–Kier alpha value is -2.77. The maximum atomic E-state index is 12.2. The van der Waals surface area contributed by atoms with Crippen molar-refractivity contribution in [3.8, 4) is 0 Å². The molecule has 0 atom stereocenters. The van der Waals surface area contributed by atoms with Crippen LogP contribution in [0.1, 0.15) is 29.3 Å². The second kappa shape index (κ2) is 9.62. The molecule has 3 aromatic heterocycles. The molecule has 6 nitrogen and oxygen atoms in total. The summed E-state index contributed by atoms with van der Waals surface area (Å²) in [5.41, 5.74) is 1.10. The molecule has 0 aromatic carbocycles. The van der Waals surface area contributed by atoms with Gasteiger partial charge in [0.1, 0.15) is 11.6 Å². The molecule has 2 N–H and O–H groups in total. The summed E-state index contributed by atoms with van der Waals surface area (Å²) in [7, 11) is 0. The molecule has 3 aromatic rings. The maximum absolute atomic E-state index is 12.2. The van der Waals surface area contributed by atoms with E-state index >= 15 is 0 Å². The molecular weight excluding hydrogens is 382 g/mol. The minimum absolute atomic E-state index is 0.0940. The highest BCUT2D eigenvalue weighted by molar-refractivity contribution is 7.09. The normalized spacial score (nSPS) is 15.2. The Morgan fingerprint density at radius 3 is 2.69 bits per heavy atom. The van der Waals surface area contributed by atoms with E-state index in [1.807, 2.05) is 47.8 Å². The molecule has 4 heterocycles. The van der Waals surface area contributed by atoms with Crippen LogP contribution in [-0.2, 0) is 11.3 Å². The first-order valence-electron chi connectivity index (χ1n) is 9.93. The molecule has 1 fully saturated rings. The molecule has 1 aliphatic heterocycles. The minimum Gasteiger partial charge on any atom is -0.350 e. The van der Waals surface area contributed by atoms with E-state index in [0.717, 1.165) is 43.3 Å². The lowest BCUT2D eigenvalue weighted by atomic mass is 9.93. The lowest BCUT2D eigenvalue weighted by Crippen LogP contribution is -2.41. The number of piperidine rings is 1. The Balaban J connectivity index is 1.26. The van der Waals surface area contributed by atoms with Crippen molar-refractivity contribution >= 4 is 28.9 Å². The summed E-state index contributed by atoms with van der Waals surface area (Å²) in [6, 6.07) is 15.9. The lowest BCUT2D eigenvalue weighted by Gasteiger charge is -2.31. The summed E-state index contributed by atoms with van der Waals surface area (Å²) in [5, 5.41) is 8.30. The number of nitrogens with one attached hydrogen (secondary N) is 2. The van der Waals surface area contributed by atoms with Crippen LogP contribution in [0.5, 0.6) is 0 Å². The van der Waals surface area contributed by atoms with Crippen LogP contribution in [0.2, 0.25) is 0 Å². The minimum atomic E-state index is 0.0940. The molecule has 0 spiro atoms. The predicted molar refractivity (Wildman–Crippen MR) is 116 cm³/mol. The van der Waals surface area contributed by atoms with E-state index < -0.39 is 0 Å². The second-order valence-corrected chi connectivity index (χ2v) is 8.23. The quantitative estimate of drug-likeness (QED) is 0.624. The van der Waals surface area contributed by atoms with Crippen LogP contribution in [0.3, 0.4) is 0 Å². The van der Waals surface area contributed by atoms with Crippen LogP contribution in [0.15, 0.2) is 60.1 Å². The average Bonchev–Trinajstić information content (AvgIpc) is 3.28. The molecule has 150 valence electrons. The molecule has 0 aliphatic carbocycles. The summed E-state index contributed by atoms with van der Waals surface area (Å²) in [4.78, 5) is 24.7. The summed E-state index contributed by atoms with van der Waals surface area (Å²) in [6.45, 7) is 2.91. The van der Waals surface area contributed by atoms with Crippen LogP contribution in [0, 0.1) is 0 Å². The Bertz CT molecular complexity index is 908. The summed E-state index contributed by atoms with van der Waals surface area (Å²) in [6.07, 6.45) is 3.79. The number of pyridine rings is 2. The van der Waals surface area contributed by atoms with Gasteiger partial charge in [-0.3, -0.25) is 9.69 Å². The van der Waals surface area contributed by atoms with Crippen molar-refractivity contribution in [1.29, 1.82) is 0 Å². The molecular formula is C22H25N5OS. The Labute approximate surface area is 175 Å². The third kappa shape index (κ3) is 5.62. The number of hydrogen-bond donors (Lipinski definition) is 2. The standard InChI is InChI=1S/C22H25N5OS/c28-22(24-15-18-5-4-14-29-18)16-27-12-9-17(10-13-27)19-6-3-8-21(25-19)26-20-7-1-2-11-23-20/h1-8,11,14,17H,9-10,12-13,15-16H2,(H,24,28)(H,23,25,26). The van der Waals surface area contributed by atoms with Crippen LogP contribution in [-0.4, -0.2) is 40.4 Å². The van der Waals surface area contributed by atoms with E-state index in [2.05, 4.69) is 26.6 Å². The molecule has 0 unspecified atom stereocenters. The van der Waals surface area contributed by atoms with Gasteiger partial charge in [0, 0.05) is 22.7 Å². The zero-order valence-corrected chi connectivity index (χ0v) is 17.1. The molecule has 1 aliphatic rings. The van der Waals surface area contributed by atoms with Crippen molar-refractivity contribution in [3.63, 3.8) is 0 Å². The average molecular weight is 408 g/mol. The molecule has 7 heteroatoms. The van der Waals surface area contributed by atoms with Crippen molar-refractivity contribution < 1.29 is 4.79 Å². The number of aromatic nitrogens is 2. The first-order valence-corrected chi connectivity index (χ1v) is 10.8. The largest absolute Gasteiger partial charge is 0.350 e. The number of nitrogens with zero attached hydrogens (tertiary/aromatic N) is 3. The maximum Gasteiger partial charge on any atom is 0.234 e. The van der Waals surface area contributed by atoms with Crippen molar-refractivity contribution in [3.05, 3.63) is 70.7 Å². The highest BCUT2D eigenvalue weighted by Gasteiger charge is 2.23. The zero-order valence-electron chi connectivity index (χ0n) is 16.3.